The Morgan fingerprint density at radius 3 is 2.78 bits per heavy atom. The lowest BCUT2D eigenvalue weighted by atomic mass is 9.96. The van der Waals surface area contributed by atoms with Crippen LogP contribution in [0.2, 0.25) is 0 Å². The normalized spacial score (nSPS) is 27.8. The van der Waals surface area contributed by atoms with Gasteiger partial charge in [0.2, 0.25) is 5.91 Å². The molecule has 3 aliphatic rings. The van der Waals surface area contributed by atoms with Crippen LogP contribution in [0.25, 0.3) is 0 Å². The Kier molecular flexibility index (Phi) is 6.05. The predicted molar refractivity (Wildman–Crippen MR) is 104 cm³/mol. The van der Waals surface area contributed by atoms with Crippen molar-refractivity contribution in [2.45, 2.75) is 31.8 Å². The van der Waals surface area contributed by atoms with Crippen molar-refractivity contribution in [1.82, 2.24) is 20.0 Å². The summed E-state index contributed by atoms with van der Waals surface area (Å²) in [6.07, 6.45) is 3.12. The third kappa shape index (κ3) is 4.68. The fourth-order valence-electron chi connectivity index (χ4n) is 4.84. The van der Waals surface area contributed by atoms with Gasteiger partial charge in [-0.25, -0.2) is 4.39 Å². The predicted octanol–water partition coefficient (Wildman–Crippen LogP) is 1.54. The van der Waals surface area contributed by atoms with Gasteiger partial charge in [-0.05, 0) is 43.5 Å². The highest BCUT2D eigenvalue weighted by Gasteiger charge is 2.35. The fourth-order valence-corrected chi connectivity index (χ4v) is 4.84. The van der Waals surface area contributed by atoms with Gasteiger partial charge >= 0.3 is 0 Å². The van der Waals surface area contributed by atoms with Crippen molar-refractivity contribution in [3.8, 4) is 0 Å². The van der Waals surface area contributed by atoms with Crippen molar-refractivity contribution in [3.05, 3.63) is 35.6 Å². The second-order valence-electron chi connectivity index (χ2n) is 8.22. The van der Waals surface area contributed by atoms with E-state index in [-0.39, 0.29) is 11.7 Å². The molecule has 2 atom stereocenters. The zero-order valence-corrected chi connectivity index (χ0v) is 16.1. The molecule has 0 spiro atoms. The number of halogens is 1. The number of piperidine rings is 1. The van der Waals surface area contributed by atoms with Gasteiger partial charge in [0.15, 0.2) is 0 Å². The lowest BCUT2D eigenvalue weighted by molar-refractivity contribution is -0.136. The van der Waals surface area contributed by atoms with E-state index in [1.54, 1.807) is 12.1 Å². The molecule has 3 fully saturated rings. The Morgan fingerprint density at radius 2 is 1.96 bits per heavy atom. The number of carbonyl (C=O) groups is 1. The first kappa shape index (κ1) is 18.8. The molecule has 148 valence electrons. The summed E-state index contributed by atoms with van der Waals surface area (Å²) in [6.45, 7) is 8.60. The molecular formula is C21H31FN4O. The number of rotatable bonds is 4. The molecule has 6 heteroatoms. The second-order valence-corrected chi connectivity index (χ2v) is 8.22. The zero-order valence-electron chi connectivity index (χ0n) is 16.1. The number of amides is 1. The summed E-state index contributed by atoms with van der Waals surface area (Å²) in [4.78, 5) is 20.0. The van der Waals surface area contributed by atoms with Crippen LogP contribution in [0.4, 0.5) is 4.39 Å². The maximum absolute atomic E-state index is 13.4. The Balaban J connectivity index is 1.30. The van der Waals surface area contributed by atoms with E-state index in [0.717, 1.165) is 83.7 Å². The Morgan fingerprint density at radius 1 is 1.11 bits per heavy atom. The van der Waals surface area contributed by atoms with E-state index in [2.05, 4.69) is 20.0 Å². The molecule has 1 aromatic rings. The molecule has 0 aliphatic carbocycles. The lowest BCUT2D eigenvalue weighted by Crippen LogP contribution is -2.50. The molecule has 0 radical (unpaired) electrons. The van der Waals surface area contributed by atoms with Gasteiger partial charge in [-0.15, -0.1) is 0 Å². The SMILES string of the molecule is O=C(C1CCCN(Cc2cccc(F)c2)C1)N1CCC(N2CCNCC2)C1. The first-order valence-electron chi connectivity index (χ1n) is 10.4. The molecule has 3 aliphatic heterocycles. The summed E-state index contributed by atoms with van der Waals surface area (Å²) >= 11 is 0. The number of nitrogens with one attached hydrogen (secondary N) is 1. The molecule has 0 bridgehead atoms. The largest absolute Gasteiger partial charge is 0.341 e. The molecule has 1 N–H and O–H groups in total. The highest BCUT2D eigenvalue weighted by molar-refractivity contribution is 5.79. The molecular weight excluding hydrogens is 343 g/mol. The molecule has 5 nitrogen and oxygen atoms in total. The van der Waals surface area contributed by atoms with Crippen molar-refractivity contribution < 1.29 is 9.18 Å². The minimum absolute atomic E-state index is 0.0917. The van der Waals surface area contributed by atoms with Crippen LogP contribution >= 0.6 is 0 Å². The van der Waals surface area contributed by atoms with Crippen molar-refractivity contribution in [2.24, 2.45) is 5.92 Å². The number of carbonyl (C=O) groups excluding carboxylic acids is 1. The van der Waals surface area contributed by atoms with Crippen LogP contribution in [0.15, 0.2) is 24.3 Å². The van der Waals surface area contributed by atoms with Gasteiger partial charge in [-0.1, -0.05) is 12.1 Å². The summed E-state index contributed by atoms with van der Waals surface area (Å²) in [5, 5.41) is 3.40. The maximum Gasteiger partial charge on any atom is 0.227 e. The van der Waals surface area contributed by atoms with Gasteiger partial charge in [0.1, 0.15) is 5.82 Å². The smallest absolute Gasteiger partial charge is 0.227 e. The maximum atomic E-state index is 13.4. The Labute approximate surface area is 161 Å². The van der Waals surface area contributed by atoms with Gasteiger partial charge in [-0.3, -0.25) is 14.6 Å². The van der Waals surface area contributed by atoms with Crippen molar-refractivity contribution >= 4 is 5.91 Å². The molecule has 27 heavy (non-hydrogen) atoms. The van der Waals surface area contributed by atoms with Gasteiger partial charge in [0.05, 0.1) is 5.92 Å². The lowest BCUT2D eigenvalue weighted by Gasteiger charge is -2.35. The summed E-state index contributed by atoms with van der Waals surface area (Å²) in [7, 11) is 0. The number of hydrogen-bond acceptors (Lipinski definition) is 4. The topological polar surface area (TPSA) is 38.8 Å². The number of hydrogen-bond donors (Lipinski definition) is 1. The van der Waals surface area contributed by atoms with E-state index >= 15 is 0 Å². The van der Waals surface area contributed by atoms with E-state index in [0.29, 0.717) is 11.9 Å². The van der Waals surface area contributed by atoms with Crippen LogP contribution in [-0.2, 0) is 11.3 Å². The first-order chi connectivity index (χ1) is 13.2. The van der Waals surface area contributed by atoms with Gasteiger partial charge in [0.25, 0.3) is 0 Å². The number of benzene rings is 1. The molecule has 1 amide bonds. The van der Waals surface area contributed by atoms with Crippen LogP contribution in [-0.4, -0.2) is 79.0 Å². The minimum Gasteiger partial charge on any atom is -0.341 e. The average molecular weight is 375 g/mol. The Bertz CT molecular complexity index is 649. The third-order valence-electron chi connectivity index (χ3n) is 6.29. The van der Waals surface area contributed by atoms with Crippen LogP contribution in [0.3, 0.4) is 0 Å². The summed E-state index contributed by atoms with van der Waals surface area (Å²) in [5.74, 6) is 0.235. The van der Waals surface area contributed by atoms with Crippen LogP contribution in [0.1, 0.15) is 24.8 Å². The fraction of sp³-hybridized carbons (Fsp3) is 0.667. The van der Waals surface area contributed by atoms with Gasteiger partial charge in [-0.2, -0.15) is 0 Å². The van der Waals surface area contributed by atoms with E-state index in [1.807, 2.05) is 6.07 Å². The highest BCUT2D eigenvalue weighted by atomic mass is 19.1. The number of piperazine rings is 1. The summed E-state index contributed by atoms with van der Waals surface area (Å²) < 4.78 is 13.4. The molecule has 0 saturated carbocycles. The second kappa shape index (κ2) is 8.67. The highest BCUT2D eigenvalue weighted by Crippen LogP contribution is 2.24. The summed E-state index contributed by atoms with van der Waals surface area (Å²) in [5.41, 5.74) is 0.989. The molecule has 1 aromatic carbocycles. The molecule has 2 unspecified atom stereocenters. The third-order valence-corrected chi connectivity index (χ3v) is 6.29. The molecule has 4 rings (SSSR count). The van der Waals surface area contributed by atoms with Gasteiger partial charge < -0.3 is 10.2 Å². The monoisotopic (exact) mass is 374 g/mol. The Hall–Kier alpha value is -1.50. The van der Waals surface area contributed by atoms with Crippen LogP contribution in [0.5, 0.6) is 0 Å². The standard InChI is InChI=1S/C21H31FN4O/c22-19-5-1-3-17(13-19)14-24-9-2-4-18(15-24)21(27)26-10-6-20(16-26)25-11-7-23-8-12-25/h1,3,5,13,18,20,23H,2,4,6-12,14-16H2. The molecule has 3 heterocycles. The van der Waals surface area contributed by atoms with Crippen molar-refractivity contribution in [3.63, 3.8) is 0 Å². The van der Waals surface area contributed by atoms with E-state index in [4.69, 9.17) is 0 Å². The first-order valence-corrected chi connectivity index (χ1v) is 10.4. The van der Waals surface area contributed by atoms with Crippen LogP contribution < -0.4 is 5.32 Å². The number of nitrogens with zero attached hydrogens (tertiary/aromatic N) is 3. The number of likely N-dealkylation sites (tertiary alicyclic amines) is 2. The van der Waals surface area contributed by atoms with Crippen molar-refractivity contribution in [1.29, 1.82) is 0 Å². The summed E-state index contributed by atoms with van der Waals surface area (Å²) in [6, 6.07) is 7.34. The van der Waals surface area contributed by atoms with E-state index in [1.165, 1.54) is 6.07 Å². The van der Waals surface area contributed by atoms with E-state index < -0.39 is 0 Å². The van der Waals surface area contributed by atoms with E-state index in [9.17, 15) is 9.18 Å². The van der Waals surface area contributed by atoms with Crippen LogP contribution in [0, 0.1) is 11.7 Å². The zero-order chi connectivity index (χ0) is 18.6. The average Bonchev–Trinajstić information content (AvgIpc) is 3.19. The van der Waals surface area contributed by atoms with Crippen molar-refractivity contribution in [2.75, 3.05) is 52.4 Å². The van der Waals surface area contributed by atoms with Gasteiger partial charge in [0, 0.05) is 58.4 Å². The quantitative estimate of drug-likeness (QED) is 0.868. The molecule has 0 aromatic heterocycles. The minimum atomic E-state index is -0.187. The molecule has 3 saturated heterocycles.